The highest BCUT2D eigenvalue weighted by Gasteiger charge is 2.21. The average molecular weight is 464 g/mol. The van der Waals surface area contributed by atoms with Crippen molar-refractivity contribution in [2.45, 2.75) is 6.61 Å². The third-order valence-electron chi connectivity index (χ3n) is 4.13. The molecule has 0 amide bonds. The molecule has 0 radical (unpaired) electrons. The Morgan fingerprint density at radius 1 is 1.13 bits per heavy atom. The van der Waals surface area contributed by atoms with Crippen LogP contribution in [0.4, 0.5) is 28.8 Å². The molecule has 0 fully saturated rings. The Morgan fingerprint density at radius 3 is 2.71 bits per heavy atom. The first-order valence-electron chi connectivity index (χ1n) is 8.98. The lowest BCUT2D eigenvalue weighted by Gasteiger charge is -2.13. The van der Waals surface area contributed by atoms with Crippen molar-refractivity contribution in [2.75, 3.05) is 28.4 Å². The monoisotopic (exact) mass is 463 g/mol. The van der Waals surface area contributed by atoms with Crippen LogP contribution < -0.4 is 24.8 Å². The van der Waals surface area contributed by atoms with Gasteiger partial charge >= 0.3 is 0 Å². The first kappa shape index (κ1) is 21.0. The summed E-state index contributed by atoms with van der Waals surface area (Å²) in [6, 6.07) is 9.81. The lowest BCUT2D eigenvalue weighted by molar-refractivity contribution is 0.174. The highest BCUT2D eigenvalue weighted by molar-refractivity contribution is 7.92. The van der Waals surface area contributed by atoms with E-state index >= 15 is 0 Å². The summed E-state index contributed by atoms with van der Waals surface area (Å²) in [6.07, 6.45) is 2.59. The summed E-state index contributed by atoms with van der Waals surface area (Å²) in [5.41, 5.74) is 1.82. The zero-order valence-corrected chi connectivity index (χ0v) is 17.8. The number of hydrogen-bond acceptors (Lipinski definition) is 9. The van der Waals surface area contributed by atoms with Crippen molar-refractivity contribution in [1.82, 2.24) is 9.97 Å². The number of nitrogens with zero attached hydrogens (tertiary/aromatic N) is 2. The average Bonchev–Trinajstić information content (AvgIpc) is 3.18. The van der Waals surface area contributed by atoms with Crippen LogP contribution in [-0.4, -0.2) is 36.5 Å². The van der Waals surface area contributed by atoms with Crippen LogP contribution in [0.15, 0.2) is 42.6 Å². The minimum Gasteiger partial charge on any atom is -0.454 e. The van der Waals surface area contributed by atoms with E-state index in [1.54, 1.807) is 30.3 Å². The van der Waals surface area contributed by atoms with Crippen molar-refractivity contribution >= 4 is 50.5 Å². The number of ether oxygens (including phenoxy) is 2. The molecule has 0 saturated heterocycles. The number of benzene rings is 2. The molecule has 3 aromatic rings. The van der Waals surface area contributed by atoms with Crippen LogP contribution >= 0.6 is 11.6 Å². The molecule has 2 heterocycles. The maximum atomic E-state index is 11.5. The highest BCUT2D eigenvalue weighted by Crippen LogP contribution is 2.44. The van der Waals surface area contributed by atoms with Crippen LogP contribution in [0.5, 0.6) is 11.5 Å². The molecular formula is C19H18ClN5O5S. The minimum absolute atomic E-state index is 0.103. The SMILES string of the molecule is CS(=O)(=O)Nc1cc(CO)cc(Nc2nccc(Nc3c(Cl)ccc4c3OCO4)n2)c1. The number of aliphatic hydroxyl groups excluding tert-OH is 1. The molecule has 1 aromatic heterocycles. The van der Waals surface area contributed by atoms with Crippen LogP contribution in [0.25, 0.3) is 0 Å². The number of sulfonamides is 1. The molecule has 2 aromatic carbocycles. The lowest BCUT2D eigenvalue weighted by atomic mass is 10.2. The molecule has 0 atom stereocenters. The van der Waals surface area contributed by atoms with E-state index in [1.165, 1.54) is 12.3 Å². The minimum atomic E-state index is -3.48. The van der Waals surface area contributed by atoms with E-state index in [9.17, 15) is 13.5 Å². The molecule has 31 heavy (non-hydrogen) atoms. The van der Waals surface area contributed by atoms with Crippen LogP contribution in [0.2, 0.25) is 5.02 Å². The first-order valence-corrected chi connectivity index (χ1v) is 11.3. The quantitative estimate of drug-likeness (QED) is 0.416. The molecule has 0 bridgehead atoms. The van der Waals surface area contributed by atoms with Crippen molar-refractivity contribution in [3.05, 3.63) is 53.2 Å². The predicted octanol–water partition coefficient (Wildman–Crippen LogP) is 3.21. The normalized spacial score (nSPS) is 12.5. The van der Waals surface area contributed by atoms with Crippen molar-refractivity contribution in [3.8, 4) is 11.5 Å². The second-order valence-electron chi connectivity index (χ2n) is 6.62. The van der Waals surface area contributed by atoms with E-state index in [0.717, 1.165) is 6.26 Å². The number of rotatable bonds is 7. The van der Waals surface area contributed by atoms with Gasteiger partial charge in [0.05, 0.1) is 23.6 Å². The lowest BCUT2D eigenvalue weighted by Crippen LogP contribution is -2.10. The molecule has 4 N–H and O–H groups in total. The summed E-state index contributed by atoms with van der Waals surface area (Å²) in [4.78, 5) is 8.58. The van der Waals surface area contributed by atoms with Gasteiger partial charge in [-0.15, -0.1) is 0 Å². The molecular weight excluding hydrogens is 446 g/mol. The number of halogens is 1. The third-order valence-corrected chi connectivity index (χ3v) is 5.05. The Bertz CT molecular complexity index is 1240. The Kier molecular flexibility index (Phi) is 5.72. The van der Waals surface area contributed by atoms with Gasteiger partial charge in [0.2, 0.25) is 22.8 Å². The summed E-state index contributed by atoms with van der Waals surface area (Å²) in [5, 5.41) is 16.0. The Hall–Kier alpha value is -3.28. The molecule has 12 heteroatoms. The fraction of sp³-hybridized carbons (Fsp3) is 0.158. The van der Waals surface area contributed by atoms with Crippen LogP contribution in [0.1, 0.15) is 5.56 Å². The van der Waals surface area contributed by atoms with Gasteiger partial charge in [-0.25, -0.2) is 13.4 Å². The maximum absolute atomic E-state index is 11.5. The second-order valence-corrected chi connectivity index (χ2v) is 8.78. The van der Waals surface area contributed by atoms with Gasteiger partial charge in [-0.2, -0.15) is 4.98 Å². The molecule has 162 valence electrons. The van der Waals surface area contributed by atoms with Gasteiger partial charge < -0.3 is 25.2 Å². The number of hydrogen-bond donors (Lipinski definition) is 4. The fourth-order valence-corrected chi connectivity index (χ4v) is 3.68. The predicted molar refractivity (Wildman–Crippen MR) is 117 cm³/mol. The van der Waals surface area contributed by atoms with Crippen molar-refractivity contribution in [3.63, 3.8) is 0 Å². The zero-order chi connectivity index (χ0) is 22.0. The van der Waals surface area contributed by atoms with E-state index in [0.29, 0.717) is 45.0 Å². The fourth-order valence-electron chi connectivity index (χ4n) is 2.94. The topological polar surface area (TPSA) is 135 Å². The van der Waals surface area contributed by atoms with E-state index < -0.39 is 10.0 Å². The van der Waals surface area contributed by atoms with Crippen LogP contribution in [-0.2, 0) is 16.6 Å². The molecule has 10 nitrogen and oxygen atoms in total. The standard InChI is InChI=1S/C19H18ClN5O5S/c1-31(27,28)25-13-7-11(9-26)6-12(8-13)22-19-21-5-4-16(24-19)23-17-14(20)2-3-15-18(17)30-10-29-15/h2-8,25-26H,9-10H2,1H3,(H2,21,22,23,24). The van der Waals surface area contributed by atoms with Crippen LogP contribution in [0.3, 0.4) is 0 Å². The number of aliphatic hydroxyl groups is 1. The van der Waals surface area contributed by atoms with Gasteiger partial charge in [-0.1, -0.05) is 11.6 Å². The summed E-state index contributed by atoms with van der Waals surface area (Å²) in [6.45, 7) is -0.165. The van der Waals surface area contributed by atoms with Gasteiger partial charge in [-0.3, -0.25) is 4.72 Å². The molecule has 0 aliphatic carbocycles. The van der Waals surface area contributed by atoms with E-state index in [4.69, 9.17) is 21.1 Å². The second kappa shape index (κ2) is 8.46. The van der Waals surface area contributed by atoms with E-state index in [1.807, 2.05) is 0 Å². The molecule has 0 saturated carbocycles. The number of anilines is 5. The van der Waals surface area contributed by atoms with Crippen LogP contribution in [0, 0.1) is 0 Å². The molecule has 0 spiro atoms. The number of fused-ring (bicyclic) bond motifs is 1. The van der Waals surface area contributed by atoms with Crippen molar-refractivity contribution < 1.29 is 23.0 Å². The van der Waals surface area contributed by atoms with Gasteiger partial charge in [-0.05, 0) is 42.0 Å². The van der Waals surface area contributed by atoms with E-state index in [2.05, 4.69) is 25.3 Å². The Balaban J connectivity index is 1.59. The zero-order valence-electron chi connectivity index (χ0n) is 16.2. The highest BCUT2D eigenvalue weighted by atomic mass is 35.5. The van der Waals surface area contributed by atoms with E-state index in [-0.39, 0.29) is 19.3 Å². The van der Waals surface area contributed by atoms with Gasteiger partial charge in [0.1, 0.15) is 11.5 Å². The molecule has 1 aliphatic rings. The number of aromatic nitrogens is 2. The Labute approximate surface area is 183 Å². The molecule has 4 rings (SSSR count). The molecule has 1 aliphatic heterocycles. The van der Waals surface area contributed by atoms with Crippen molar-refractivity contribution in [2.24, 2.45) is 0 Å². The Morgan fingerprint density at radius 2 is 1.94 bits per heavy atom. The number of nitrogens with one attached hydrogen (secondary N) is 3. The molecule has 0 unspecified atom stereocenters. The summed E-state index contributed by atoms with van der Waals surface area (Å²) >= 11 is 6.29. The summed E-state index contributed by atoms with van der Waals surface area (Å²) in [7, 11) is -3.48. The van der Waals surface area contributed by atoms with Gasteiger partial charge in [0, 0.05) is 11.9 Å². The maximum Gasteiger partial charge on any atom is 0.231 e. The third kappa shape index (κ3) is 5.08. The first-order chi connectivity index (χ1) is 14.8. The summed E-state index contributed by atoms with van der Waals surface area (Å²) in [5.74, 6) is 1.75. The van der Waals surface area contributed by atoms with Crippen molar-refractivity contribution in [1.29, 1.82) is 0 Å². The largest absolute Gasteiger partial charge is 0.454 e. The smallest absolute Gasteiger partial charge is 0.231 e. The summed E-state index contributed by atoms with van der Waals surface area (Å²) < 4.78 is 36.3. The van der Waals surface area contributed by atoms with Gasteiger partial charge in [0.25, 0.3) is 0 Å². The van der Waals surface area contributed by atoms with Gasteiger partial charge in [0.15, 0.2) is 11.5 Å².